The van der Waals surface area contributed by atoms with Gasteiger partial charge in [0.05, 0.1) is 30.6 Å². The molecule has 6 nitrogen and oxygen atoms in total. The Bertz CT molecular complexity index is 393. The number of rotatable bonds is 2. The molecule has 2 N–H and O–H groups in total. The van der Waals surface area contributed by atoms with E-state index in [2.05, 4.69) is 15.2 Å². The van der Waals surface area contributed by atoms with Gasteiger partial charge in [-0.25, -0.2) is 0 Å². The summed E-state index contributed by atoms with van der Waals surface area (Å²) in [5, 5.41) is 7.78. The van der Waals surface area contributed by atoms with Crippen LogP contribution in [0, 0.1) is 0 Å². The van der Waals surface area contributed by atoms with Crippen molar-refractivity contribution in [3.8, 4) is 0 Å². The van der Waals surface area contributed by atoms with Gasteiger partial charge in [-0.1, -0.05) is 5.21 Å². The Morgan fingerprint density at radius 2 is 2.47 bits per heavy atom. The fourth-order valence-corrected chi connectivity index (χ4v) is 2.85. The molecule has 0 amide bonds. The van der Waals surface area contributed by atoms with Gasteiger partial charge in [-0.2, -0.15) is 0 Å². The maximum atomic E-state index is 6.25. The second-order valence-corrected chi connectivity index (χ2v) is 4.97. The minimum atomic E-state index is -0.142. The van der Waals surface area contributed by atoms with Gasteiger partial charge in [0, 0.05) is 19.6 Å². The van der Waals surface area contributed by atoms with Crippen LogP contribution < -0.4 is 5.73 Å². The Morgan fingerprint density at radius 3 is 3.24 bits per heavy atom. The SMILES string of the molecule is Cn1nncc1C(N)C1CN2CCCC2CO1. The van der Waals surface area contributed by atoms with Gasteiger partial charge >= 0.3 is 0 Å². The van der Waals surface area contributed by atoms with E-state index >= 15 is 0 Å². The van der Waals surface area contributed by atoms with E-state index in [4.69, 9.17) is 10.5 Å². The van der Waals surface area contributed by atoms with E-state index in [-0.39, 0.29) is 12.1 Å². The van der Waals surface area contributed by atoms with Crippen LogP contribution in [-0.4, -0.2) is 51.7 Å². The smallest absolute Gasteiger partial charge is 0.0910 e. The van der Waals surface area contributed by atoms with Gasteiger partial charge in [-0.15, -0.1) is 5.10 Å². The number of aryl methyl sites for hydroxylation is 1. The minimum Gasteiger partial charge on any atom is -0.373 e. The van der Waals surface area contributed by atoms with Crippen LogP contribution in [0.4, 0.5) is 0 Å². The Labute approximate surface area is 101 Å². The third-order valence-electron chi connectivity index (χ3n) is 3.91. The molecule has 0 aromatic carbocycles. The molecule has 1 aromatic heterocycles. The first-order valence-electron chi connectivity index (χ1n) is 6.21. The minimum absolute atomic E-state index is 0.0570. The van der Waals surface area contributed by atoms with Crippen LogP contribution in [0.15, 0.2) is 6.20 Å². The quantitative estimate of drug-likeness (QED) is 0.763. The average Bonchev–Trinajstić information content (AvgIpc) is 2.95. The number of hydrogen-bond acceptors (Lipinski definition) is 5. The molecule has 3 heterocycles. The molecule has 0 spiro atoms. The number of ether oxygens (including phenoxy) is 1. The zero-order chi connectivity index (χ0) is 11.8. The van der Waals surface area contributed by atoms with Crippen molar-refractivity contribution in [3.05, 3.63) is 11.9 Å². The molecule has 0 radical (unpaired) electrons. The first-order valence-corrected chi connectivity index (χ1v) is 6.21. The number of nitrogens with zero attached hydrogens (tertiary/aromatic N) is 4. The van der Waals surface area contributed by atoms with Crippen molar-refractivity contribution < 1.29 is 4.74 Å². The maximum Gasteiger partial charge on any atom is 0.0910 e. The van der Waals surface area contributed by atoms with Crippen molar-refractivity contribution in [1.29, 1.82) is 0 Å². The summed E-state index contributed by atoms with van der Waals surface area (Å²) in [5.74, 6) is 0. The lowest BCUT2D eigenvalue weighted by atomic mass is 10.1. The van der Waals surface area contributed by atoms with Crippen molar-refractivity contribution >= 4 is 0 Å². The van der Waals surface area contributed by atoms with Gasteiger partial charge < -0.3 is 10.5 Å². The van der Waals surface area contributed by atoms with Crippen LogP contribution in [-0.2, 0) is 11.8 Å². The second-order valence-electron chi connectivity index (χ2n) is 4.97. The average molecular weight is 237 g/mol. The second kappa shape index (κ2) is 4.36. The molecule has 6 heteroatoms. The molecule has 0 aliphatic carbocycles. The van der Waals surface area contributed by atoms with Crippen molar-refractivity contribution in [2.75, 3.05) is 19.7 Å². The summed E-state index contributed by atoms with van der Waals surface area (Å²) < 4.78 is 7.62. The predicted octanol–water partition coefficient (Wildman–Crippen LogP) is -0.322. The molecule has 2 aliphatic rings. The molecule has 0 bridgehead atoms. The lowest BCUT2D eigenvalue weighted by Crippen LogP contribution is -2.50. The Hall–Kier alpha value is -0.980. The molecule has 3 unspecified atom stereocenters. The third-order valence-corrected chi connectivity index (χ3v) is 3.91. The van der Waals surface area contributed by atoms with Crippen LogP contribution in [0.3, 0.4) is 0 Å². The highest BCUT2D eigenvalue weighted by atomic mass is 16.5. The van der Waals surface area contributed by atoms with E-state index in [0.717, 1.165) is 18.8 Å². The molecule has 2 saturated heterocycles. The Kier molecular flexibility index (Phi) is 2.85. The van der Waals surface area contributed by atoms with E-state index in [0.29, 0.717) is 6.04 Å². The molecule has 1 aromatic rings. The van der Waals surface area contributed by atoms with E-state index in [1.54, 1.807) is 10.9 Å². The summed E-state index contributed by atoms with van der Waals surface area (Å²) in [6.45, 7) is 2.92. The zero-order valence-corrected chi connectivity index (χ0v) is 10.1. The van der Waals surface area contributed by atoms with E-state index in [9.17, 15) is 0 Å². The van der Waals surface area contributed by atoms with Crippen molar-refractivity contribution in [2.24, 2.45) is 12.8 Å². The fraction of sp³-hybridized carbons (Fsp3) is 0.818. The largest absolute Gasteiger partial charge is 0.373 e. The maximum absolute atomic E-state index is 6.25. The molecule has 94 valence electrons. The lowest BCUT2D eigenvalue weighted by Gasteiger charge is -2.37. The van der Waals surface area contributed by atoms with Crippen LogP contribution >= 0.6 is 0 Å². The van der Waals surface area contributed by atoms with Gasteiger partial charge in [0.1, 0.15) is 0 Å². The Morgan fingerprint density at radius 1 is 1.59 bits per heavy atom. The number of fused-ring (bicyclic) bond motifs is 1. The van der Waals surface area contributed by atoms with Crippen LogP contribution in [0.25, 0.3) is 0 Å². The van der Waals surface area contributed by atoms with Gasteiger partial charge in [0.25, 0.3) is 0 Å². The van der Waals surface area contributed by atoms with Crippen LogP contribution in [0.2, 0.25) is 0 Å². The van der Waals surface area contributed by atoms with E-state index < -0.39 is 0 Å². The summed E-state index contributed by atoms with van der Waals surface area (Å²) in [4.78, 5) is 2.50. The first kappa shape index (κ1) is 11.1. The highest BCUT2D eigenvalue weighted by molar-refractivity contribution is 5.05. The van der Waals surface area contributed by atoms with E-state index in [1.165, 1.54) is 19.4 Å². The summed E-state index contributed by atoms with van der Waals surface area (Å²) in [7, 11) is 1.86. The zero-order valence-electron chi connectivity index (χ0n) is 10.1. The summed E-state index contributed by atoms with van der Waals surface area (Å²) >= 11 is 0. The molecule has 2 fully saturated rings. The van der Waals surface area contributed by atoms with E-state index in [1.807, 2.05) is 7.05 Å². The Balaban J connectivity index is 1.71. The summed E-state index contributed by atoms with van der Waals surface area (Å²) in [6, 6.07) is 0.472. The lowest BCUT2D eigenvalue weighted by molar-refractivity contribution is -0.0606. The normalized spacial score (nSPS) is 31.4. The third kappa shape index (κ3) is 1.96. The molecular weight excluding hydrogens is 218 g/mol. The van der Waals surface area contributed by atoms with Gasteiger partial charge in [0.15, 0.2) is 0 Å². The monoisotopic (exact) mass is 237 g/mol. The first-order chi connectivity index (χ1) is 8.25. The molecule has 3 rings (SSSR count). The fourth-order valence-electron chi connectivity index (χ4n) is 2.85. The predicted molar refractivity (Wildman–Crippen MR) is 62.3 cm³/mol. The molecular formula is C11H19N5O. The number of hydrogen-bond donors (Lipinski definition) is 1. The number of morpholine rings is 1. The van der Waals surface area contributed by atoms with Crippen molar-refractivity contribution in [3.63, 3.8) is 0 Å². The number of aromatic nitrogens is 3. The highest BCUT2D eigenvalue weighted by Crippen LogP contribution is 2.27. The summed E-state index contributed by atoms with van der Waals surface area (Å²) in [5.41, 5.74) is 7.18. The molecule has 2 aliphatic heterocycles. The van der Waals surface area contributed by atoms with Crippen molar-refractivity contribution in [1.82, 2.24) is 19.9 Å². The van der Waals surface area contributed by atoms with Gasteiger partial charge in [-0.3, -0.25) is 9.58 Å². The van der Waals surface area contributed by atoms with Gasteiger partial charge in [-0.05, 0) is 19.4 Å². The standard InChI is InChI=1S/C11H19N5O/c1-15-9(5-13-14-15)11(12)10-6-16-4-2-3-8(16)7-17-10/h5,8,10-11H,2-4,6-7,12H2,1H3. The molecule has 0 saturated carbocycles. The van der Waals surface area contributed by atoms with Crippen LogP contribution in [0.1, 0.15) is 24.6 Å². The van der Waals surface area contributed by atoms with Crippen LogP contribution in [0.5, 0.6) is 0 Å². The highest BCUT2D eigenvalue weighted by Gasteiger charge is 2.35. The molecule has 3 atom stereocenters. The van der Waals surface area contributed by atoms with Gasteiger partial charge in [0.2, 0.25) is 0 Å². The topological polar surface area (TPSA) is 69.2 Å². The van der Waals surface area contributed by atoms with Crippen molar-refractivity contribution in [2.45, 2.75) is 31.0 Å². The summed E-state index contributed by atoms with van der Waals surface area (Å²) in [6.07, 6.45) is 4.32. The number of nitrogens with two attached hydrogens (primary N) is 1. The molecule has 17 heavy (non-hydrogen) atoms.